The first kappa shape index (κ1) is 24.1. The first-order chi connectivity index (χ1) is 14.7. The molecule has 2 atom stereocenters. The van der Waals surface area contributed by atoms with E-state index in [9.17, 15) is 14.4 Å². The Morgan fingerprint density at radius 1 is 0.903 bits per heavy atom. The highest BCUT2D eigenvalue weighted by atomic mass is 16.5. The molecule has 0 fully saturated rings. The largest absolute Gasteiger partial charge is 0.467 e. The predicted molar refractivity (Wildman–Crippen MR) is 120 cm³/mol. The fourth-order valence-electron chi connectivity index (χ4n) is 3.67. The van der Waals surface area contributed by atoms with Crippen LogP contribution in [0, 0.1) is 11.3 Å². The molecule has 2 rings (SSSR count). The third-order valence-electron chi connectivity index (χ3n) is 5.43. The summed E-state index contributed by atoms with van der Waals surface area (Å²) in [6.07, 6.45) is 0.318. The van der Waals surface area contributed by atoms with Crippen molar-refractivity contribution in [1.29, 1.82) is 0 Å². The van der Waals surface area contributed by atoms with E-state index < -0.39 is 23.5 Å². The van der Waals surface area contributed by atoms with Crippen LogP contribution in [0.5, 0.6) is 0 Å². The molecule has 0 spiro atoms. The lowest BCUT2D eigenvalue weighted by Gasteiger charge is -2.37. The number of amides is 2. The minimum absolute atomic E-state index is 0.0147. The van der Waals surface area contributed by atoms with Gasteiger partial charge in [0.2, 0.25) is 5.91 Å². The van der Waals surface area contributed by atoms with Crippen molar-refractivity contribution in [2.24, 2.45) is 11.3 Å². The van der Waals surface area contributed by atoms with Gasteiger partial charge in [-0.15, -0.1) is 0 Å². The summed E-state index contributed by atoms with van der Waals surface area (Å²) in [5, 5.41) is 5.84. The maximum atomic E-state index is 13.3. The molecule has 0 aliphatic heterocycles. The lowest BCUT2D eigenvalue weighted by molar-refractivity contribution is -0.146. The average Bonchev–Trinajstić information content (AvgIpc) is 2.77. The van der Waals surface area contributed by atoms with Crippen molar-refractivity contribution in [3.63, 3.8) is 0 Å². The molecule has 6 heteroatoms. The second-order valence-electron chi connectivity index (χ2n) is 8.52. The van der Waals surface area contributed by atoms with Gasteiger partial charge in [-0.05, 0) is 37.5 Å². The Hall–Kier alpha value is -3.15. The van der Waals surface area contributed by atoms with Crippen LogP contribution in [0.2, 0.25) is 0 Å². The van der Waals surface area contributed by atoms with Crippen LogP contribution in [0.4, 0.5) is 0 Å². The molecule has 2 N–H and O–H groups in total. The molecule has 0 aliphatic rings. The fourth-order valence-corrected chi connectivity index (χ4v) is 3.67. The van der Waals surface area contributed by atoms with Crippen molar-refractivity contribution < 1.29 is 19.1 Å². The van der Waals surface area contributed by atoms with Gasteiger partial charge < -0.3 is 15.4 Å². The number of esters is 1. The van der Waals surface area contributed by atoms with E-state index in [0.29, 0.717) is 12.0 Å². The number of rotatable bonds is 9. The Balaban J connectivity index is 2.19. The van der Waals surface area contributed by atoms with E-state index in [2.05, 4.69) is 10.6 Å². The number of ether oxygens (including phenoxy) is 1. The zero-order valence-electron chi connectivity index (χ0n) is 18.8. The highest BCUT2D eigenvalue weighted by Gasteiger charge is 2.41. The molecule has 0 aliphatic carbocycles. The standard InChI is InChI=1S/C25H32N2O4/c1-17(2)21(27-22(28)19-14-10-7-11-15-19)25(3,4)24(30)26-20(23(29)31-5)16-18-12-8-6-9-13-18/h6-15,17,20-21H,16H2,1-5H3,(H,26,30)(H,27,28)/t20-,21-/m0/s1. The molecule has 0 unspecified atom stereocenters. The van der Waals surface area contributed by atoms with Gasteiger partial charge in [0.25, 0.3) is 5.91 Å². The maximum absolute atomic E-state index is 13.3. The summed E-state index contributed by atoms with van der Waals surface area (Å²) >= 11 is 0. The normalized spacial score (nSPS) is 13.2. The van der Waals surface area contributed by atoms with Gasteiger partial charge in [0.15, 0.2) is 0 Å². The average molecular weight is 425 g/mol. The SMILES string of the molecule is COC(=O)[C@H](Cc1ccccc1)NC(=O)C(C)(C)[C@@H](NC(=O)c1ccccc1)C(C)C. The van der Waals surface area contributed by atoms with Crippen LogP contribution >= 0.6 is 0 Å². The Labute approximate surface area is 184 Å². The second kappa shape index (κ2) is 10.8. The van der Waals surface area contributed by atoms with Crippen LogP contribution in [0.25, 0.3) is 0 Å². The van der Waals surface area contributed by atoms with Gasteiger partial charge in [0, 0.05) is 18.0 Å². The molecule has 0 saturated carbocycles. The molecule has 0 aromatic heterocycles. The summed E-state index contributed by atoms with van der Waals surface area (Å²) in [5.74, 6) is -1.10. The van der Waals surface area contributed by atoms with E-state index in [-0.39, 0.29) is 17.7 Å². The number of carbonyl (C=O) groups is 3. The molecule has 2 aromatic carbocycles. The Morgan fingerprint density at radius 3 is 1.97 bits per heavy atom. The highest BCUT2D eigenvalue weighted by molar-refractivity contribution is 5.95. The summed E-state index contributed by atoms with van der Waals surface area (Å²) in [5.41, 5.74) is 0.469. The van der Waals surface area contributed by atoms with Crippen molar-refractivity contribution >= 4 is 17.8 Å². The molecule has 0 bridgehead atoms. The Morgan fingerprint density at radius 2 is 1.45 bits per heavy atom. The second-order valence-corrected chi connectivity index (χ2v) is 8.52. The first-order valence-corrected chi connectivity index (χ1v) is 10.5. The molecular weight excluding hydrogens is 392 g/mol. The van der Waals surface area contributed by atoms with Crippen molar-refractivity contribution in [3.8, 4) is 0 Å². The molecular formula is C25H32N2O4. The van der Waals surface area contributed by atoms with Crippen LogP contribution < -0.4 is 10.6 Å². The summed E-state index contributed by atoms with van der Waals surface area (Å²) in [4.78, 5) is 38.3. The van der Waals surface area contributed by atoms with E-state index in [4.69, 9.17) is 4.74 Å². The predicted octanol–water partition coefficient (Wildman–Crippen LogP) is 3.37. The lowest BCUT2D eigenvalue weighted by atomic mass is 9.77. The Bertz CT molecular complexity index is 879. The van der Waals surface area contributed by atoms with E-state index in [1.165, 1.54) is 7.11 Å². The number of nitrogens with one attached hydrogen (secondary N) is 2. The van der Waals surface area contributed by atoms with Crippen LogP contribution in [-0.2, 0) is 20.7 Å². The summed E-state index contributed by atoms with van der Waals surface area (Å²) in [6, 6.07) is 17.0. The van der Waals surface area contributed by atoms with E-state index >= 15 is 0 Å². The quantitative estimate of drug-likeness (QED) is 0.605. The minimum Gasteiger partial charge on any atom is -0.467 e. The van der Waals surface area contributed by atoms with Crippen LogP contribution in [0.15, 0.2) is 60.7 Å². The van der Waals surface area contributed by atoms with Crippen molar-refractivity contribution in [3.05, 3.63) is 71.8 Å². The van der Waals surface area contributed by atoms with Crippen LogP contribution in [-0.4, -0.2) is 37.0 Å². The van der Waals surface area contributed by atoms with Crippen molar-refractivity contribution in [1.82, 2.24) is 10.6 Å². The number of hydrogen-bond acceptors (Lipinski definition) is 4. The summed E-state index contributed by atoms with van der Waals surface area (Å²) in [7, 11) is 1.30. The third-order valence-corrected chi connectivity index (χ3v) is 5.43. The zero-order chi connectivity index (χ0) is 23.0. The van der Waals surface area contributed by atoms with Gasteiger partial charge in [-0.3, -0.25) is 9.59 Å². The molecule has 0 saturated heterocycles. The number of carbonyl (C=O) groups excluding carboxylic acids is 3. The van der Waals surface area contributed by atoms with Crippen LogP contribution in [0.1, 0.15) is 43.6 Å². The molecule has 2 aromatic rings. The Kier molecular flexibility index (Phi) is 8.37. The van der Waals surface area contributed by atoms with Gasteiger partial charge in [0.05, 0.1) is 12.5 Å². The van der Waals surface area contributed by atoms with E-state index in [1.54, 1.807) is 38.1 Å². The topological polar surface area (TPSA) is 84.5 Å². The van der Waals surface area contributed by atoms with E-state index in [0.717, 1.165) is 5.56 Å². The monoisotopic (exact) mass is 424 g/mol. The summed E-state index contributed by atoms with van der Waals surface area (Å²) in [6.45, 7) is 7.45. The maximum Gasteiger partial charge on any atom is 0.328 e. The van der Waals surface area contributed by atoms with Crippen LogP contribution in [0.3, 0.4) is 0 Å². The highest BCUT2D eigenvalue weighted by Crippen LogP contribution is 2.27. The fraction of sp³-hybridized carbons (Fsp3) is 0.400. The zero-order valence-corrected chi connectivity index (χ0v) is 18.8. The first-order valence-electron chi connectivity index (χ1n) is 10.5. The smallest absolute Gasteiger partial charge is 0.328 e. The molecule has 0 radical (unpaired) electrons. The number of benzene rings is 2. The van der Waals surface area contributed by atoms with Gasteiger partial charge in [-0.25, -0.2) is 4.79 Å². The molecule has 6 nitrogen and oxygen atoms in total. The molecule has 0 heterocycles. The molecule has 2 amide bonds. The molecule has 31 heavy (non-hydrogen) atoms. The number of methoxy groups -OCH3 is 1. The summed E-state index contributed by atoms with van der Waals surface area (Å²) < 4.78 is 4.91. The third kappa shape index (κ3) is 6.41. The van der Waals surface area contributed by atoms with Gasteiger partial charge in [-0.2, -0.15) is 0 Å². The molecule has 166 valence electrons. The van der Waals surface area contributed by atoms with Crippen molar-refractivity contribution in [2.75, 3.05) is 7.11 Å². The number of hydrogen-bond donors (Lipinski definition) is 2. The van der Waals surface area contributed by atoms with Gasteiger partial charge in [-0.1, -0.05) is 62.4 Å². The van der Waals surface area contributed by atoms with Gasteiger partial charge >= 0.3 is 5.97 Å². The minimum atomic E-state index is -0.971. The van der Waals surface area contributed by atoms with Gasteiger partial charge in [0.1, 0.15) is 6.04 Å². The van der Waals surface area contributed by atoms with Crippen molar-refractivity contribution in [2.45, 2.75) is 46.2 Å². The van der Waals surface area contributed by atoms with E-state index in [1.807, 2.05) is 50.2 Å². The lowest BCUT2D eigenvalue weighted by Crippen LogP contribution is -2.57.